The van der Waals surface area contributed by atoms with Gasteiger partial charge in [-0.15, -0.1) is 0 Å². The van der Waals surface area contributed by atoms with Gasteiger partial charge in [0.05, 0.1) is 10.6 Å². The number of benzene rings is 4. The zero-order valence-corrected chi connectivity index (χ0v) is 27.8. The summed E-state index contributed by atoms with van der Waals surface area (Å²) in [5.74, 6) is 0.416. The maximum atomic E-state index is 14.3. The molecule has 2 amide bonds. The number of ether oxygens (including phenoxy) is 1. The lowest BCUT2D eigenvalue weighted by molar-refractivity contribution is -0.140. The van der Waals surface area contributed by atoms with Gasteiger partial charge in [-0.1, -0.05) is 86.0 Å². The van der Waals surface area contributed by atoms with Crippen molar-refractivity contribution in [3.63, 3.8) is 0 Å². The molecule has 46 heavy (non-hydrogen) atoms. The minimum Gasteiger partial charge on any atom is -0.457 e. The summed E-state index contributed by atoms with van der Waals surface area (Å²) in [5, 5.41) is 2.96. The predicted molar refractivity (Wildman–Crippen MR) is 182 cm³/mol. The molecule has 0 aliphatic heterocycles. The Morgan fingerprint density at radius 2 is 1.37 bits per heavy atom. The molecule has 0 aromatic heterocycles. The van der Waals surface area contributed by atoms with Gasteiger partial charge in [-0.2, -0.15) is 0 Å². The first-order valence-electron chi connectivity index (χ1n) is 15.7. The van der Waals surface area contributed by atoms with Gasteiger partial charge in [0.15, 0.2) is 0 Å². The van der Waals surface area contributed by atoms with Crippen molar-refractivity contribution in [2.24, 2.45) is 0 Å². The van der Waals surface area contributed by atoms with Crippen LogP contribution in [0.2, 0.25) is 0 Å². The minimum absolute atomic E-state index is 0.0601. The van der Waals surface area contributed by atoms with Crippen LogP contribution in [0, 0.1) is 13.8 Å². The van der Waals surface area contributed by atoms with E-state index in [0.29, 0.717) is 30.2 Å². The number of anilines is 1. The number of nitrogens with zero attached hydrogens (tertiary/aromatic N) is 2. The van der Waals surface area contributed by atoms with Crippen molar-refractivity contribution in [3.05, 3.63) is 120 Å². The first-order valence-corrected chi connectivity index (χ1v) is 17.1. The second-order valence-electron chi connectivity index (χ2n) is 11.3. The number of carbonyl (C=O) groups excluding carboxylic acids is 2. The zero-order chi connectivity index (χ0) is 33.1. The first kappa shape index (κ1) is 34.2. The van der Waals surface area contributed by atoms with Gasteiger partial charge in [0, 0.05) is 13.1 Å². The molecule has 1 atom stereocenters. The fourth-order valence-corrected chi connectivity index (χ4v) is 6.40. The molecule has 1 N–H and O–H groups in total. The highest BCUT2D eigenvalue weighted by Crippen LogP contribution is 2.29. The van der Waals surface area contributed by atoms with E-state index in [1.54, 1.807) is 36.4 Å². The quantitative estimate of drug-likeness (QED) is 0.141. The summed E-state index contributed by atoms with van der Waals surface area (Å²) in [7, 11) is -4.18. The van der Waals surface area contributed by atoms with Crippen molar-refractivity contribution in [1.82, 2.24) is 10.2 Å². The Balaban J connectivity index is 1.70. The molecule has 4 aromatic carbocycles. The summed E-state index contributed by atoms with van der Waals surface area (Å²) >= 11 is 0. The number of amides is 2. The van der Waals surface area contributed by atoms with E-state index in [1.807, 2.05) is 82.3 Å². The van der Waals surface area contributed by atoms with E-state index in [-0.39, 0.29) is 17.3 Å². The van der Waals surface area contributed by atoms with Gasteiger partial charge in [-0.25, -0.2) is 8.42 Å². The van der Waals surface area contributed by atoms with Crippen molar-refractivity contribution in [3.8, 4) is 11.5 Å². The second-order valence-corrected chi connectivity index (χ2v) is 13.2. The molecule has 0 aliphatic rings. The summed E-state index contributed by atoms with van der Waals surface area (Å²) in [4.78, 5) is 29.2. The van der Waals surface area contributed by atoms with Gasteiger partial charge in [-0.05, 0) is 80.8 Å². The molecule has 9 heteroatoms. The Bertz CT molecular complexity index is 1670. The van der Waals surface area contributed by atoms with Gasteiger partial charge >= 0.3 is 0 Å². The topological polar surface area (TPSA) is 96.0 Å². The molecule has 0 saturated carbocycles. The molecule has 242 valence electrons. The molecule has 0 radical (unpaired) electrons. The summed E-state index contributed by atoms with van der Waals surface area (Å²) in [6.45, 7) is 7.91. The van der Waals surface area contributed by atoms with Gasteiger partial charge in [-0.3, -0.25) is 13.9 Å². The normalized spacial score (nSPS) is 11.8. The molecule has 4 rings (SSSR count). The molecule has 0 bridgehead atoms. The summed E-state index contributed by atoms with van der Waals surface area (Å²) < 4.78 is 35.4. The van der Waals surface area contributed by atoms with E-state index < -0.39 is 28.5 Å². The third-order valence-corrected chi connectivity index (χ3v) is 9.47. The van der Waals surface area contributed by atoms with Crippen molar-refractivity contribution in [2.75, 3.05) is 17.4 Å². The van der Waals surface area contributed by atoms with Crippen molar-refractivity contribution >= 4 is 27.5 Å². The monoisotopic (exact) mass is 641 g/mol. The lowest BCUT2D eigenvalue weighted by Crippen LogP contribution is -2.52. The van der Waals surface area contributed by atoms with Crippen LogP contribution in [0.3, 0.4) is 0 Å². The number of rotatable bonds is 15. The minimum atomic E-state index is -4.18. The van der Waals surface area contributed by atoms with E-state index in [1.165, 1.54) is 17.0 Å². The predicted octanol–water partition coefficient (Wildman–Crippen LogP) is 7.01. The Morgan fingerprint density at radius 3 is 1.96 bits per heavy atom. The third-order valence-electron chi connectivity index (χ3n) is 7.68. The number of sulfonamides is 1. The Labute approximate surface area is 273 Å². The molecule has 4 aromatic rings. The number of hydrogen-bond acceptors (Lipinski definition) is 5. The largest absolute Gasteiger partial charge is 0.457 e. The van der Waals surface area contributed by atoms with E-state index in [9.17, 15) is 18.0 Å². The van der Waals surface area contributed by atoms with Crippen LogP contribution in [0.25, 0.3) is 0 Å². The van der Waals surface area contributed by atoms with Crippen LogP contribution in [-0.4, -0.2) is 44.3 Å². The second kappa shape index (κ2) is 16.1. The number of aryl methyl sites for hydroxylation is 2. The average molecular weight is 642 g/mol. The molecule has 0 fully saturated rings. The Hall–Kier alpha value is -4.63. The van der Waals surface area contributed by atoms with Crippen LogP contribution in [0.4, 0.5) is 5.69 Å². The summed E-state index contributed by atoms with van der Waals surface area (Å²) in [5.41, 5.74) is 3.12. The van der Waals surface area contributed by atoms with E-state index in [4.69, 9.17) is 4.74 Å². The molecular formula is C37H43N3O5S. The molecule has 0 spiro atoms. The van der Waals surface area contributed by atoms with E-state index in [2.05, 4.69) is 5.32 Å². The standard InChI is InChI=1S/C37H43N3O5S/c1-5-7-25-38-37(42)35(6-2)39(26-30-17-13-28(3)14-18-30)36(41)27-40(46(43,44)34-23-15-29(4)16-24-34)31-19-21-33(22-20-31)45-32-11-9-8-10-12-32/h8-24,35H,5-7,25-27H2,1-4H3,(H,38,42)/t35-/m0/s1. The van der Waals surface area contributed by atoms with Gasteiger partial charge < -0.3 is 15.0 Å². The maximum Gasteiger partial charge on any atom is 0.264 e. The molecular weight excluding hydrogens is 598 g/mol. The summed E-state index contributed by atoms with van der Waals surface area (Å²) in [6.07, 6.45) is 2.11. The SMILES string of the molecule is CCCCNC(=O)[C@H](CC)N(Cc1ccc(C)cc1)C(=O)CN(c1ccc(Oc2ccccc2)cc1)S(=O)(=O)c1ccc(C)cc1. The Morgan fingerprint density at radius 1 is 0.783 bits per heavy atom. The van der Waals surface area contributed by atoms with E-state index >= 15 is 0 Å². The van der Waals surface area contributed by atoms with Crippen LogP contribution in [0.1, 0.15) is 49.8 Å². The fourth-order valence-electron chi connectivity index (χ4n) is 4.99. The highest BCUT2D eigenvalue weighted by molar-refractivity contribution is 7.92. The molecule has 0 heterocycles. The number of hydrogen-bond donors (Lipinski definition) is 1. The highest BCUT2D eigenvalue weighted by Gasteiger charge is 2.33. The number of unbranched alkanes of at least 4 members (excludes halogenated alkanes) is 1. The van der Waals surface area contributed by atoms with Gasteiger partial charge in [0.2, 0.25) is 11.8 Å². The molecule has 0 saturated heterocycles. The fraction of sp³-hybridized carbons (Fsp3) is 0.297. The van der Waals surface area contributed by atoms with Crippen molar-refractivity contribution < 1.29 is 22.7 Å². The maximum absolute atomic E-state index is 14.3. The smallest absolute Gasteiger partial charge is 0.264 e. The van der Waals surface area contributed by atoms with Gasteiger partial charge in [0.25, 0.3) is 10.0 Å². The van der Waals surface area contributed by atoms with E-state index in [0.717, 1.165) is 33.8 Å². The number of nitrogens with one attached hydrogen (secondary N) is 1. The lowest BCUT2D eigenvalue weighted by atomic mass is 10.1. The molecule has 0 aliphatic carbocycles. The number of carbonyl (C=O) groups is 2. The zero-order valence-electron chi connectivity index (χ0n) is 27.0. The third kappa shape index (κ3) is 8.97. The van der Waals surface area contributed by atoms with Crippen LogP contribution < -0.4 is 14.4 Å². The van der Waals surface area contributed by atoms with Crippen LogP contribution in [-0.2, 0) is 26.2 Å². The Kier molecular flexibility index (Phi) is 12.0. The van der Waals surface area contributed by atoms with Crippen molar-refractivity contribution in [2.45, 2.75) is 64.4 Å². The van der Waals surface area contributed by atoms with Crippen LogP contribution >= 0.6 is 0 Å². The molecule has 8 nitrogen and oxygen atoms in total. The molecule has 0 unspecified atom stereocenters. The lowest BCUT2D eigenvalue weighted by Gasteiger charge is -2.33. The average Bonchev–Trinajstić information content (AvgIpc) is 3.05. The number of para-hydroxylation sites is 1. The van der Waals surface area contributed by atoms with Crippen LogP contribution in [0.15, 0.2) is 108 Å². The first-order chi connectivity index (χ1) is 22.1. The van der Waals surface area contributed by atoms with Crippen LogP contribution in [0.5, 0.6) is 11.5 Å². The summed E-state index contributed by atoms with van der Waals surface area (Å²) in [6, 6.07) is 29.3. The van der Waals surface area contributed by atoms with Gasteiger partial charge in [0.1, 0.15) is 24.1 Å². The van der Waals surface area contributed by atoms with Crippen molar-refractivity contribution in [1.29, 1.82) is 0 Å². The highest BCUT2D eigenvalue weighted by atomic mass is 32.2.